The number of amides is 1. The zero-order chi connectivity index (χ0) is 23.4. The van der Waals surface area contributed by atoms with Gasteiger partial charge in [-0.1, -0.05) is 18.2 Å². The molecule has 0 saturated carbocycles. The third-order valence-corrected chi connectivity index (χ3v) is 5.27. The molecule has 9 heteroatoms. The zero-order valence-electron chi connectivity index (χ0n) is 19.3. The minimum atomic E-state index is -0.759. The van der Waals surface area contributed by atoms with Crippen molar-refractivity contribution in [1.29, 1.82) is 0 Å². The Morgan fingerprint density at radius 3 is 2.61 bits per heavy atom. The highest BCUT2D eigenvalue weighted by Gasteiger charge is 2.39. The van der Waals surface area contributed by atoms with Crippen molar-refractivity contribution >= 4 is 23.5 Å². The van der Waals surface area contributed by atoms with Crippen LogP contribution in [0.5, 0.6) is 11.5 Å². The van der Waals surface area contributed by atoms with Crippen LogP contribution >= 0.6 is 0 Å². The van der Waals surface area contributed by atoms with Gasteiger partial charge in [0.2, 0.25) is 24.0 Å². The summed E-state index contributed by atoms with van der Waals surface area (Å²) >= 11 is 0. The highest BCUT2D eigenvalue weighted by atomic mass is 16.5. The largest absolute Gasteiger partial charge is 0.490 e. The molecule has 9 nitrogen and oxygen atoms in total. The summed E-state index contributed by atoms with van der Waals surface area (Å²) in [5.41, 5.74) is 8.59. The summed E-state index contributed by atoms with van der Waals surface area (Å²) in [4.78, 5) is 23.5. The fourth-order valence-corrected chi connectivity index (χ4v) is 3.94. The van der Waals surface area contributed by atoms with E-state index in [1.54, 1.807) is 4.90 Å². The van der Waals surface area contributed by atoms with Gasteiger partial charge in [-0.3, -0.25) is 20.1 Å². The Hall–Kier alpha value is -3.59. The molecular formula is C24H29N5O4. The van der Waals surface area contributed by atoms with Crippen LogP contribution in [0.2, 0.25) is 0 Å². The van der Waals surface area contributed by atoms with E-state index in [1.165, 1.54) is 6.92 Å². The van der Waals surface area contributed by atoms with Crippen LogP contribution in [-0.4, -0.2) is 37.5 Å². The Morgan fingerprint density at radius 2 is 1.88 bits per heavy atom. The van der Waals surface area contributed by atoms with E-state index in [1.807, 2.05) is 63.2 Å². The maximum absolute atomic E-state index is 12.9. The first-order chi connectivity index (χ1) is 16.1. The lowest BCUT2D eigenvalue weighted by Gasteiger charge is -2.30. The number of benzene rings is 2. The number of fused-ring (bicyclic) bond motifs is 3. The third-order valence-electron chi connectivity index (χ3n) is 5.27. The third kappa shape index (κ3) is 4.49. The molecule has 2 aliphatic heterocycles. The second kappa shape index (κ2) is 9.91. The van der Waals surface area contributed by atoms with Gasteiger partial charge in [-0.2, -0.15) is 4.99 Å². The molecule has 0 saturated heterocycles. The van der Waals surface area contributed by atoms with E-state index in [2.05, 4.69) is 20.8 Å². The van der Waals surface area contributed by atoms with Crippen LogP contribution in [0.25, 0.3) is 0 Å². The van der Waals surface area contributed by atoms with Gasteiger partial charge in [0.25, 0.3) is 0 Å². The number of nitrogens with one attached hydrogen (secondary N) is 2. The van der Waals surface area contributed by atoms with Crippen molar-refractivity contribution in [2.24, 2.45) is 9.98 Å². The first-order valence-corrected chi connectivity index (χ1v) is 11.2. The molecule has 2 N–H and O–H groups in total. The van der Waals surface area contributed by atoms with E-state index >= 15 is 0 Å². The first-order valence-electron chi connectivity index (χ1n) is 11.2. The monoisotopic (exact) mass is 451 g/mol. The van der Waals surface area contributed by atoms with Crippen molar-refractivity contribution in [2.75, 3.05) is 24.7 Å². The molecule has 2 aromatic rings. The highest BCUT2D eigenvalue weighted by molar-refractivity contribution is 6.02. The summed E-state index contributed by atoms with van der Waals surface area (Å²) in [6.07, 6.45) is -0.759. The molecule has 0 aliphatic carbocycles. The predicted molar refractivity (Wildman–Crippen MR) is 127 cm³/mol. The number of ether oxygens (including phenoxy) is 3. The van der Waals surface area contributed by atoms with E-state index in [9.17, 15) is 4.79 Å². The van der Waals surface area contributed by atoms with E-state index < -0.39 is 12.3 Å². The average Bonchev–Trinajstić information content (AvgIpc) is 2.95. The van der Waals surface area contributed by atoms with Crippen molar-refractivity contribution in [2.45, 2.75) is 40.0 Å². The SMILES string of the molecule is CCN=C1N=C2OC(c3ccc(OCC)c(OCC)c3)N(C(C)=O)c3ccccc3C2NN1. The molecule has 0 radical (unpaired) electrons. The van der Waals surface area contributed by atoms with Gasteiger partial charge in [-0.15, -0.1) is 0 Å². The molecule has 2 aliphatic rings. The number of guanidine groups is 1. The molecule has 1 amide bonds. The molecule has 2 aromatic carbocycles. The summed E-state index contributed by atoms with van der Waals surface area (Å²) in [6.45, 7) is 8.86. The van der Waals surface area contributed by atoms with Crippen LogP contribution in [0, 0.1) is 0 Å². The number of hydrogen-bond acceptors (Lipinski definition) is 6. The van der Waals surface area contributed by atoms with Gasteiger partial charge in [0.15, 0.2) is 11.5 Å². The fourth-order valence-electron chi connectivity index (χ4n) is 3.94. The first kappa shape index (κ1) is 22.6. The molecule has 2 heterocycles. The molecule has 0 bridgehead atoms. The van der Waals surface area contributed by atoms with Gasteiger partial charge >= 0.3 is 0 Å². The predicted octanol–water partition coefficient (Wildman–Crippen LogP) is 3.49. The molecule has 4 rings (SSSR count). The lowest BCUT2D eigenvalue weighted by Crippen LogP contribution is -2.47. The lowest BCUT2D eigenvalue weighted by molar-refractivity contribution is -0.118. The van der Waals surface area contributed by atoms with Crippen LogP contribution in [0.1, 0.15) is 51.1 Å². The van der Waals surface area contributed by atoms with Crippen LogP contribution in [0.3, 0.4) is 0 Å². The summed E-state index contributed by atoms with van der Waals surface area (Å²) in [5, 5.41) is 0. The molecule has 0 spiro atoms. The van der Waals surface area contributed by atoms with Crippen LogP contribution < -0.4 is 25.2 Å². The second-order valence-electron chi connectivity index (χ2n) is 7.44. The van der Waals surface area contributed by atoms with Crippen molar-refractivity contribution in [3.8, 4) is 11.5 Å². The summed E-state index contributed by atoms with van der Waals surface area (Å²) < 4.78 is 18.0. The number of rotatable bonds is 6. The fraction of sp³-hybridized carbons (Fsp3) is 0.375. The topological polar surface area (TPSA) is 96.8 Å². The standard InChI is InChI=1S/C24H29N5O4/c1-5-25-24-26-22-21(27-28-24)17-10-8-9-11-18(17)29(15(4)30)23(33-22)16-12-13-19(31-6-2)20(14-16)32-7-3/h8-14,21,23,27H,5-7H2,1-4H3,(H,25,28). The molecule has 2 unspecified atom stereocenters. The Balaban J connectivity index is 1.87. The van der Waals surface area contributed by atoms with Crippen molar-refractivity contribution in [3.63, 3.8) is 0 Å². The maximum atomic E-state index is 12.9. The normalized spacial score (nSPS) is 20.5. The van der Waals surface area contributed by atoms with Crippen LogP contribution in [0.4, 0.5) is 5.69 Å². The van der Waals surface area contributed by atoms with Gasteiger partial charge in [-0.25, -0.2) is 5.43 Å². The van der Waals surface area contributed by atoms with Crippen molar-refractivity contribution in [3.05, 3.63) is 53.6 Å². The number of carbonyl (C=O) groups excluding carboxylic acids is 1. The van der Waals surface area contributed by atoms with Crippen LogP contribution in [-0.2, 0) is 9.53 Å². The maximum Gasteiger partial charge on any atom is 0.235 e. The molecule has 33 heavy (non-hydrogen) atoms. The van der Waals surface area contributed by atoms with E-state index in [4.69, 9.17) is 14.2 Å². The summed E-state index contributed by atoms with van der Waals surface area (Å²) in [7, 11) is 0. The van der Waals surface area contributed by atoms with Crippen LogP contribution in [0.15, 0.2) is 52.4 Å². The Morgan fingerprint density at radius 1 is 1.12 bits per heavy atom. The quantitative estimate of drug-likeness (QED) is 0.698. The number of para-hydroxylation sites is 1. The van der Waals surface area contributed by atoms with Crippen molar-refractivity contribution in [1.82, 2.24) is 10.9 Å². The second-order valence-corrected chi connectivity index (χ2v) is 7.44. The summed E-state index contributed by atoms with van der Waals surface area (Å²) in [6, 6.07) is 12.9. The smallest absolute Gasteiger partial charge is 0.235 e. The van der Waals surface area contributed by atoms with Gasteiger partial charge in [0, 0.05) is 24.6 Å². The Bertz CT molecular complexity index is 1080. The number of hydrogen-bond donors (Lipinski definition) is 2. The highest BCUT2D eigenvalue weighted by Crippen LogP contribution is 2.41. The van der Waals surface area contributed by atoms with Gasteiger partial charge in [0.1, 0.15) is 6.04 Å². The number of anilines is 1. The number of carbonyl (C=O) groups is 1. The molecule has 174 valence electrons. The molecule has 0 fully saturated rings. The zero-order valence-corrected chi connectivity index (χ0v) is 19.3. The van der Waals surface area contributed by atoms with Gasteiger partial charge < -0.3 is 14.2 Å². The minimum absolute atomic E-state index is 0.158. The number of aliphatic imine (C=N–C) groups is 2. The number of hydrazine groups is 1. The average molecular weight is 452 g/mol. The molecule has 0 aromatic heterocycles. The van der Waals surface area contributed by atoms with Gasteiger partial charge in [0.05, 0.1) is 18.9 Å². The van der Waals surface area contributed by atoms with E-state index in [-0.39, 0.29) is 5.91 Å². The minimum Gasteiger partial charge on any atom is -0.490 e. The Labute approximate surface area is 193 Å². The number of nitrogens with zero attached hydrogens (tertiary/aromatic N) is 3. The lowest BCUT2D eigenvalue weighted by atomic mass is 10.0. The molecule has 2 atom stereocenters. The molecular weight excluding hydrogens is 422 g/mol. The summed E-state index contributed by atoms with van der Waals surface area (Å²) in [5.74, 6) is 1.93. The van der Waals surface area contributed by atoms with Gasteiger partial charge in [-0.05, 0) is 45.0 Å². The van der Waals surface area contributed by atoms with E-state index in [0.29, 0.717) is 43.1 Å². The Kier molecular flexibility index (Phi) is 6.79. The van der Waals surface area contributed by atoms with E-state index in [0.717, 1.165) is 16.8 Å². The van der Waals surface area contributed by atoms with Crippen molar-refractivity contribution < 1.29 is 19.0 Å².